The van der Waals surface area contributed by atoms with Gasteiger partial charge in [0.1, 0.15) is 11.6 Å². The average molecular weight is 574 g/mol. The quantitative estimate of drug-likeness (QED) is 0.239. The molecule has 0 spiro atoms. The van der Waals surface area contributed by atoms with E-state index < -0.39 is 0 Å². The lowest BCUT2D eigenvalue weighted by atomic mass is 10.1. The Hall–Kier alpha value is -4.01. The summed E-state index contributed by atoms with van der Waals surface area (Å²) in [6, 6.07) is 4.10. The minimum Gasteiger partial charge on any atom is -0.373 e. The molecule has 4 aromatic heterocycles. The van der Waals surface area contributed by atoms with E-state index in [1.165, 1.54) is 16.7 Å². The van der Waals surface area contributed by atoms with Gasteiger partial charge in [-0.3, -0.25) is 9.97 Å². The Bertz CT molecular complexity index is 1130. The minimum atomic E-state index is 0.480. The van der Waals surface area contributed by atoms with Gasteiger partial charge in [-0.05, 0) is 60.3 Å². The molecule has 0 aliphatic heterocycles. The van der Waals surface area contributed by atoms with Gasteiger partial charge in [0.2, 0.25) is 5.95 Å². The summed E-state index contributed by atoms with van der Waals surface area (Å²) >= 11 is 0. The molecule has 42 heavy (non-hydrogen) atoms. The molecule has 9 heteroatoms. The maximum absolute atomic E-state index is 4.22. The van der Waals surface area contributed by atoms with Crippen LogP contribution in [0.25, 0.3) is 0 Å². The lowest BCUT2D eigenvalue weighted by Crippen LogP contribution is -1.97. The highest BCUT2D eigenvalue weighted by Crippen LogP contribution is 2.14. The fraction of sp³-hybridized carbons (Fsp3) is 0.485. The largest absolute Gasteiger partial charge is 0.373 e. The molecular formula is C33H51N9. The highest BCUT2D eigenvalue weighted by atomic mass is 15.1. The number of pyridine rings is 1. The van der Waals surface area contributed by atoms with Crippen molar-refractivity contribution in [3.8, 4) is 0 Å². The van der Waals surface area contributed by atoms with Crippen LogP contribution in [0.15, 0.2) is 55.5 Å². The second-order valence-corrected chi connectivity index (χ2v) is 11.1. The van der Waals surface area contributed by atoms with Crippen molar-refractivity contribution >= 4 is 11.8 Å². The van der Waals surface area contributed by atoms with Crippen LogP contribution in [0.1, 0.15) is 113 Å². The zero-order valence-corrected chi connectivity index (χ0v) is 27.6. The molecule has 0 aliphatic rings. The molecule has 0 unspecified atom stereocenters. The molecule has 0 aromatic carbocycles. The van der Waals surface area contributed by atoms with Crippen molar-refractivity contribution in [3.05, 3.63) is 89.4 Å². The predicted octanol–water partition coefficient (Wildman–Crippen LogP) is 7.71. The van der Waals surface area contributed by atoms with E-state index in [-0.39, 0.29) is 0 Å². The molecule has 0 atom stereocenters. The third-order valence-electron chi connectivity index (χ3n) is 6.13. The van der Waals surface area contributed by atoms with Gasteiger partial charge in [-0.1, -0.05) is 61.5 Å². The summed E-state index contributed by atoms with van der Waals surface area (Å²) in [6.45, 7) is 20.9. The maximum Gasteiger partial charge on any atom is 0.222 e. The average Bonchev–Trinajstić information content (AvgIpc) is 2.98. The van der Waals surface area contributed by atoms with Crippen molar-refractivity contribution in [3.63, 3.8) is 0 Å². The van der Waals surface area contributed by atoms with Crippen LogP contribution < -0.4 is 10.6 Å². The number of nitrogens with one attached hydrogen (secondary N) is 2. The molecule has 2 N–H and O–H groups in total. The fourth-order valence-corrected chi connectivity index (χ4v) is 3.06. The predicted molar refractivity (Wildman–Crippen MR) is 175 cm³/mol. The van der Waals surface area contributed by atoms with Gasteiger partial charge in [0, 0.05) is 57.5 Å². The first-order valence-electron chi connectivity index (χ1n) is 14.6. The summed E-state index contributed by atoms with van der Waals surface area (Å²) in [5.74, 6) is 4.51. The van der Waals surface area contributed by atoms with E-state index in [1.807, 2.05) is 71.2 Å². The summed E-state index contributed by atoms with van der Waals surface area (Å²) in [7, 11) is 3.68. The maximum atomic E-state index is 4.22. The Morgan fingerprint density at radius 1 is 0.476 bits per heavy atom. The van der Waals surface area contributed by atoms with Crippen LogP contribution in [0.3, 0.4) is 0 Å². The molecule has 0 amide bonds. The Labute approximate surface area is 253 Å². The Morgan fingerprint density at radius 3 is 1.33 bits per heavy atom. The van der Waals surface area contributed by atoms with Crippen molar-refractivity contribution in [1.82, 2.24) is 34.9 Å². The SMILES string of the molecule is CNc1ccc(C(C)C)cn1.CNc1ncc(C(C)C)cn1.Cc1cnc(C(C)C)cn1.Cc1ncc(C(C)C)cn1. The molecule has 228 valence electrons. The van der Waals surface area contributed by atoms with Crippen LogP contribution in [-0.2, 0) is 0 Å². The van der Waals surface area contributed by atoms with Crippen LogP contribution in [-0.4, -0.2) is 49.0 Å². The summed E-state index contributed by atoms with van der Waals surface area (Å²) in [5.41, 5.74) is 5.69. The number of aromatic nitrogens is 7. The Morgan fingerprint density at radius 2 is 0.976 bits per heavy atom. The van der Waals surface area contributed by atoms with Crippen molar-refractivity contribution in [2.45, 2.75) is 92.9 Å². The molecule has 0 radical (unpaired) electrons. The van der Waals surface area contributed by atoms with E-state index in [0.717, 1.165) is 23.0 Å². The first kappa shape index (κ1) is 36.0. The van der Waals surface area contributed by atoms with Gasteiger partial charge in [-0.25, -0.2) is 24.9 Å². The topological polar surface area (TPSA) is 114 Å². The van der Waals surface area contributed by atoms with Crippen molar-refractivity contribution < 1.29 is 0 Å². The zero-order valence-electron chi connectivity index (χ0n) is 27.6. The van der Waals surface area contributed by atoms with E-state index in [0.29, 0.717) is 29.6 Å². The van der Waals surface area contributed by atoms with Crippen LogP contribution in [0.4, 0.5) is 11.8 Å². The van der Waals surface area contributed by atoms with Gasteiger partial charge in [0.25, 0.3) is 0 Å². The number of rotatable bonds is 6. The molecule has 0 bridgehead atoms. The monoisotopic (exact) mass is 573 g/mol. The second-order valence-electron chi connectivity index (χ2n) is 11.1. The van der Waals surface area contributed by atoms with Crippen LogP contribution in [0, 0.1) is 13.8 Å². The van der Waals surface area contributed by atoms with Gasteiger partial charge < -0.3 is 10.6 Å². The molecule has 0 aliphatic carbocycles. The molecule has 4 rings (SSSR count). The van der Waals surface area contributed by atoms with Crippen molar-refractivity contribution in [2.75, 3.05) is 24.7 Å². The second kappa shape index (κ2) is 19.2. The first-order chi connectivity index (χ1) is 19.9. The van der Waals surface area contributed by atoms with Gasteiger partial charge in [0.05, 0.1) is 11.4 Å². The molecule has 0 saturated carbocycles. The van der Waals surface area contributed by atoms with Gasteiger partial charge in [0.15, 0.2) is 0 Å². The summed E-state index contributed by atoms with van der Waals surface area (Å²) in [4.78, 5) is 28.9. The van der Waals surface area contributed by atoms with Gasteiger partial charge >= 0.3 is 0 Å². The smallest absolute Gasteiger partial charge is 0.222 e. The lowest BCUT2D eigenvalue weighted by Gasteiger charge is -2.04. The fourth-order valence-electron chi connectivity index (χ4n) is 3.06. The summed E-state index contributed by atoms with van der Waals surface area (Å²) < 4.78 is 0. The number of hydrogen-bond acceptors (Lipinski definition) is 9. The third kappa shape index (κ3) is 14.1. The zero-order chi connectivity index (χ0) is 31.7. The van der Waals surface area contributed by atoms with Gasteiger partial charge in [-0.2, -0.15) is 0 Å². The summed E-state index contributed by atoms with van der Waals surface area (Å²) in [5, 5.41) is 5.85. The molecule has 0 saturated heterocycles. The van der Waals surface area contributed by atoms with Crippen LogP contribution in [0.5, 0.6) is 0 Å². The van der Waals surface area contributed by atoms with Gasteiger partial charge in [-0.15, -0.1) is 0 Å². The Balaban J connectivity index is 0.000000280. The lowest BCUT2D eigenvalue weighted by molar-refractivity contribution is 0.807. The van der Waals surface area contributed by atoms with Crippen molar-refractivity contribution in [1.29, 1.82) is 0 Å². The minimum absolute atomic E-state index is 0.480. The summed E-state index contributed by atoms with van der Waals surface area (Å²) in [6.07, 6.45) is 13.0. The first-order valence-corrected chi connectivity index (χ1v) is 14.6. The van der Waals surface area contributed by atoms with E-state index in [2.05, 4.69) is 107 Å². The number of aryl methyl sites for hydroxylation is 2. The van der Waals surface area contributed by atoms with Crippen LogP contribution in [0.2, 0.25) is 0 Å². The van der Waals surface area contributed by atoms with E-state index in [1.54, 1.807) is 6.20 Å². The standard InChI is InChI=1S/C9H14N2.C8H13N3.2C8H12N2/c1-7(2)8-4-5-9(10-3)11-6-8;1-6(2)7-4-10-8(9-3)11-5-7;1-6(2)8-4-9-7(3)10-5-8;1-6(2)8-5-9-7(3)4-10-8/h4-7H,1-3H3,(H,10,11);4-6H,1-3H3,(H,9,10,11);2*4-6H,1-3H3. The third-order valence-corrected chi connectivity index (χ3v) is 6.13. The molecule has 9 nitrogen and oxygen atoms in total. The number of hydrogen-bond donors (Lipinski definition) is 2. The number of anilines is 2. The normalized spacial score (nSPS) is 10.3. The Kier molecular flexibility index (Phi) is 16.4. The van der Waals surface area contributed by atoms with Crippen LogP contribution >= 0.6 is 0 Å². The van der Waals surface area contributed by atoms with E-state index >= 15 is 0 Å². The van der Waals surface area contributed by atoms with E-state index in [4.69, 9.17) is 0 Å². The molecular weight excluding hydrogens is 522 g/mol. The molecule has 4 aromatic rings. The highest BCUT2D eigenvalue weighted by Gasteiger charge is 2.00. The molecule has 4 heterocycles. The molecule has 0 fully saturated rings. The van der Waals surface area contributed by atoms with E-state index in [9.17, 15) is 0 Å². The highest BCUT2D eigenvalue weighted by molar-refractivity contribution is 5.35. The number of nitrogens with zero attached hydrogens (tertiary/aromatic N) is 7. The van der Waals surface area contributed by atoms with Crippen molar-refractivity contribution in [2.24, 2.45) is 0 Å².